The highest BCUT2D eigenvalue weighted by Gasteiger charge is 2.31. The molecule has 2 aliphatic heterocycles. The Bertz CT molecular complexity index is 1430. The van der Waals surface area contributed by atoms with Crippen molar-refractivity contribution in [1.82, 2.24) is 4.90 Å². The fourth-order valence-electron chi connectivity index (χ4n) is 4.64. The van der Waals surface area contributed by atoms with Crippen molar-refractivity contribution in [3.8, 4) is 11.8 Å². The number of nitrogens with zero attached hydrogens (tertiary/aromatic N) is 3. The van der Waals surface area contributed by atoms with E-state index >= 15 is 0 Å². The number of rotatable bonds is 4. The number of hydrogen-bond donors (Lipinski definition) is 0. The van der Waals surface area contributed by atoms with Gasteiger partial charge in [0, 0.05) is 18.7 Å². The Morgan fingerprint density at radius 1 is 1.03 bits per heavy atom. The quantitative estimate of drug-likeness (QED) is 0.539. The number of piperidine rings is 1. The van der Waals surface area contributed by atoms with Crippen LogP contribution in [0.2, 0.25) is 0 Å². The summed E-state index contributed by atoms with van der Waals surface area (Å²) in [6.45, 7) is 3.88. The van der Waals surface area contributed by atoms with E-state index in [9.17, 15) is 13.7 Å². The van der Waals surface area contributed by atoms with Crippen molar-refractivity contribution >= 4 is 32.6 Å². The number of ether oxygens (including phenoxy) is 1. The highest BCUT2D eigenvalue weighted by atomic mass is 32.2. The molecular weight excluding hydrogens is 446 g/mol. The van der Waals surface area contributed by atoms with Gasteiger partial charge >= 0.3 is 0 Å². The van der Waals surface area contributed by atoms with Crippen molar-refractivity contribution < 1.29 is 13.2 Å². The maximum absolute atomic E-state index is 13.3. The van der Waals surface area contributed by atoms with Crippen molar-refractivity contribution in [2.45, 2.75) is 32.4 Å². The van der Waals surface area contributed by atoms with Gasteiger partial charge in [-0.05, 0) is 85.6 Å². The lowest BCUT2D eigenvalue weighted by Gasteiger charge is -2.31. The van der Waals surface area contributed by atoms with Crippen molar-refractivity contribution in [2.24, 2.45) is 0 Å². The molecule has 0 aromatic heterocycles. The zero-order chi connectivity index (χ0) is 23.9. The van der Waals surface area contributed by atoms with Crippen LogP contribution in [0.5, 0.6) is 5.75 Å². The van der Waals surface area contributed by atoms with Crippen LogP contribution in [0.15, 0.2) is 59.5 Å². The standard InChI is InChI=1S/C27H27N3O3S/c1-19-13-24-16-26(33-25-9-11-29(2)12-10-25)7-8-27(24)30(34(19,31)32)18-21-4-6-22-5-3-20(17-28)14-23(22)15-21/h3-8,13-16,25H,9-12,18H2,1-2H3. The number of benzene rings is 3. The molecule has 2 heterocycles. The Morgan fingerprint density at radius 3 is 2.56 bits per heavy atom. The smallest absolute Gasteiger partial charge is 0.260 e. The molecule has 0 bridgehead atoms. The van der Waals surface area contributed by atoms with Crippen LogP contribution in [-0.2, 0) is 16.6 Å². The van der Waals surface area contributed by atoms with E-state index in [1.54, 1.807) is 19.1 Å². The minimum absolute atomic E-state index is 0.179. The number of nitriles is 1. The van der Waals surface area contributed by atoms with Gasteiger partial charge in [-0.15, -0.1) is 0 Å². The van der Waals surface area contributed by atoms with Crippen LogP contribution in [-0.4, -0.2) is 39.6 Å². The van der Waals surface area contributed by atoms with E-state index in [0.717, 1.165) is 53.6 Å². The average Bonchev–Trinajstić information content (AvgIpc) is 2.83. The monoisotopic (exact) mass is 473 g/mol. The van der Waals surface area contributed by atoms with E-state index in [2.05, 4.69) is 18.0 Å². The normalized spacial score (nSPS) is 18.3. The number of hydrogen-bond acceptors (Lipinski definition) is 5. The molecule has 6 nitrogen and oxygen atoms in total. The first-order valence-corrected chi connectivity index (χ1v) is 12.9. The second kappa shape index (κ2) is 8.79. The fraction of sp³-hybridized carbons (Fsp3) is 0.296. The Balaban J connectivity index is 1.45. The second-order valence-electron chi connectivity index (χ2n) is 9.12. The van der Waals surface area contributed by atoms with Gasteiger partial charge in [0.2, 0.25) is 0 Å². The summed E-state index contributed by atoms with van der Waals surface area (Å²) >= 11 is 0. The second-order valence-corrected chi connectivity index (χ2v) is 11.2. The highest BCUT2D eigenvalue weighted by Crippen LogP contribution is 2.38. The summed E-state index contributed by atoms with van der Waals surface area (Å²) in [5.41, 5.74) is 2.92. The van der Waals surface area contributed by atoms with Gasteiger partial charge in [0.1, 0.15) is 11.9 Å². The number of anilines is 1. The third-order valence-corrected chi connectivity index (χ3v) is 8.49. The molecule has 0 unspecified atom stereocenters. The van der Waals surface area contributed by atoms with Crippen LogP contribution in [0.25, 0.3) is 16.8 Å². The van der Waals surface area contributed by atoms with Gasteiger partial charge < -0.3 is 9.64 Å². The first kappa shape index (κ1) is 22.5. The zero-order valence-electron chi connectivity index (χ0n) is 19.4. The predicted octanol–water partition coefficient (Wildman–Crippen LogP) is 4.90. The lowest BCUT2D eigenvalue weighted by molar-refractivity contribution is 0.114. The van der Waals surface area contributed by atoms with E-state index in [1.165, 1.54) is 4.31 Å². The predicted molar refractivity (Wildman–Crippen MR) is 135 cm³/mol. The van der Waals surface area contributed by atoms with Crippen LogP contribution >= 0.6 is 0 Å². The van der Waals surface area contributed by atoms with E-state index in [-0.39, 0.29) is 12.6 Å². The highest BCUT2D eigenvalue weighted by molar-refractivity contribution is 7.96. The van der Waals surface area contributed by atoms with E-state index in [1.807, 2.05) is 48.5 Å². The molecule has 7 heteroatoms. The molecule has 5 rings (SSSR count). The maximum atomic E-state index is 13.3. The summed E-state index contributed by atoms with van der Waals surface area (Å²) in [4.78, 5) is 2.61. The molecule has 34 heavy (non-hydrogen) atoms. The molecule has 3 aromatic rings. The fourth-order valence-corrected chi connectivity index (χ4v) is 6.01. The summed E-state index contributed by atoms with van der Waals surface area (Å²) in [6, 6.07) is 19.2. The lowest BCUT2D eigenvalue weighted by atomic mass is 10.0. The molecular formula is C27H27N3O3S. The summed E-state index contributed by atoms with van der Waals surface area (Å²) in [7, 11) is -1.51. The number of likely N-dealkylation sites (tertiary alicyclic amines) is 1. The maximum Gasteiger partial charge on any atom is 0.260 e. The van der Waals surface area contributed by atoms with Gasteiger partial charge in [0.25, 0.3) is 10.0 Å². The number of allylic oxidation sites excluding steroid dienone is 1. The number of fused-ring (bicyclic) bond motifs is 2. The molecule has 0 N–H and O–H groups in total. The minimum Gasteiger partial charge on any atom is -0.490 e. The Labute approximate surface area is 200 Å². The first-order valence-electron chi connectivity index (χ1n) is 11.5. The van der Waals surface area contributed by atoms with Crippen LogP contribution in [0.1, 0.15) is 36.5 Å². The number of sulfonamides is 1. The van der Waals surface area contributed by atoms with Gasteiger partial charge in [-0.25, -0.2) is 8.42 Å². The third-order valence-electron chi connectivity index (χ3n) is 6.65. The van der Waals surface area contributed by atoms with Crippen molar-refractivity contribution in [2.75, 3.05) is 24.4 Å². The van der Waals surface area contributed by atoms with E-state index in [0.29, 0.717) is 16.2 Å². The molecule has 0 aliphatic carbocycles. The molecule has 0 radical (unpaired) electrons. The lowest BCUT2D eigenvalue weighted by Crippen LogP contribution is -2.35. The van der Waals surface area contributed by atoms with Crippen molar-refractivity contribution in [3.05, 3.63) is 76.2 Å². The molecule has 2 aliphatic rings. The molecule has 3 aromatic carbocycles. The first-order chi connectivity index (χ1) is 16.3. The van der Waals surface area contributed by atoms with Crippen LogP contribution in [0.3, 0.4) is 0 Å². The third kappa shape index (κ3) is 4.27. The largest absolute Gasteiger partial charge is 0.490 e. The molecule has 0 amide bonds. The SMILES string of the molecule is CC1=Cc2cc(OC3CCN(C)CC3)ccc2N(Cc2ccc3ccc(C#N)cc3c2)S1(=O)=O. The molecule has 1 saturated heterocycles. The summed E-state index contributed by atoms with van der Waals surface area (Å²) < 4.78 is 34.2. The van der Waals surface area contributed by atoms with Crippen LogP contribution in [0, 0.1) is 11.3 Å². The van der Waals surface area contributed by atoms with Gasteiger partial charge in [-0.1, -0.05) is 18.2 Å². The zero-order valence-corrected chi connectivity index (χ0v) is 20.2. The van der Waals surface area contributed by atoms with Gasteiger partial charge in [0.05, 0.1) is 28.8 Å². The van der Waals surface area contributed by atoms with Crippen LogP contribution in [0.4, 0.5) is 5.69 Å². The van der Waals surface area contributed by atoms with Crippen molar-refractivity contribution in [1.29, 1.82) is 5.26 Å². The van der Waals surface area contributed by atoms with E-state index in [4.69, 9.17) is 4.74 Å². The summed E-state index contributed by atoms with van der Waals surface area (Å²) in [5, 5.41) is 11.1. The summed E-state index contributed by atoms with van der Waals surface area (Å²) in [5.74, 6) is 0.770. The minimum atomic E-state index is -3.63. The Morgan fingerprint density at radius 2 is 1.79 bits per heavy atom. The average molecular weight is 474 g/mol. The summed E-state index contributed by atoms with van der Waals surface area (Å²) in [6.07, 6.45) is 3.87. The molecule has 0 atom stereocenters. The molecule has 0 spiro atoms. The molecule has 1 fully saturated rings. The van der Waals surface area contributed by atoms with Gasteiger partial charge in [0.15, 0.2) is 0 Å². The Kier molecular flexibility index (Phi) is 5.80. The Hall–Kier alpha value is -3.34. The topological polar surface area (TPSA) is 73.6 Å². The van der Waals surface area contributed by atoms with Gasteiger partial charge in [-0.2, -0.15) is 5.26 Å². The molecule has 0 saturated carbocycles. The van der Waals surface area contributed by atoms with Gasteiger partial charge in [-0.3, -0.25) is 4.31 Å². The van der Waals surface area contributed by atoms with E-state index < -0.39 is 10.0 Å². The molecule has 174 valence electrons. The van der Waals surface area contributed by atoms with Crippen LogP contribution < -0.4 is 9.04 Å². The van der Waals surface area contributed by atoms with Crippen molar-refractivity contribution in [3.63, 3.8) is 0 Å².